The molecule has 5 heteroatoms. The molecule has 0 spiro atoms. The quantitative estimate of drug-likeness (QED) is 0.801. The molecule has 0 atom stereocenters. The Bertz CT molecular complexity index is 738. The van der Waals surface area contributed by atoms with Gasteiger partial charge >= 0.3 is 0 Å². The topological polar surface area (TPSA) is 56.2 Å². The van der Waals surface area contributed by atoms with Gasteiger partial charge in [0.05, 0.1) is 0 Å². The monoisotopic (exact) mass is 370 g/mol. The first kappa shape index (κ1) is 17.4. The summed E-state index contributed by atoms with van der Waals surface area (Å²) in [7, 11) is 0. The number of hydrogen-bond donors (Lipinski definition) is 2. The summed E-state index contributed by atoms with van der Waals surface area (Å²) in [5, 5.41) is 19.6. The first-order valence-corrected chi connectivity index (χ1v) is 10.5. The predicted octanol–water partition coefficient (Wildman–Crippen LogP) is 3.07. The Morgan fingerprint density at radius 1 is 0.926 bits per heavy atom. The molecule has 5 nitrogen and oxygen atoms in total. The minimum absolute atomic E-state index is 0.0654. The van der Waals surface area contributed by atoms with E-state index in [1.807, 2.05) is 0 Å². The van der Waals surface area contributed by atoms with Gasteiger partial charge in [-0.3, -0.25) is 4.90 Å². The fourth-order valence-corrected chi connectivity index (χ4v) is 5.48. The summed E-state index contributed by atoms with van der Waals surface area (Å²) in [4.78, 5) is 5.27. The van der Waals surface area contributed by atoms with E-state index in [1.54, 1.807) is 6.07 Å². The first-order valence-electron chi connectivity index (χ1n) is 10.5. The highest BCUT2D eigenvalue weighted by molar-refractivity contribution is 5.78. The van der Waals surface area contributed by atoms with Crippen LogP contribution in [0.1, 0.15) is 37.7 Å². The first-order chi connectivity index (χ1) is 13.2. The minimum Gasteiger partial charge on any atom is -0.504 e. The average molecular weight is 370 g/mol. The second kappa shape index (κ2) is 7.02. The van der Waals surface area contributed by atoms with E-state index in [1.165, 1.54) is 62.5 Å². The molecule has 1 aromatic carbocycles. The largest absolute Gasteiger partial charge is 0.504 e. The third-order valence-corrected chi connectivity index (χ3v) is 7.05. The molecule has 1 aromatic rings. The summed E-state index contributed by atoms with van der Waals surface area (Å²) in [6.07, 6.45) is 6.77. The minimum atomic E-state index is -0.110. The van der Waals surface area contributed by atoms with Crippen molar-refractivity contribution >= 4 is 5.57 Å². The number of ether oxygens (including phenoxy) is 1. The zero-order chi connectivity index (χ0) is 18.4. The molecule has 0 amide bonds. The Kier molecular flexibility index (Phi) is 4.52. The van der Waals surface area contributed by atoms with Crippen molar-refractivity contribution in [3.05, 3.63) is 23.3 Å². The maximum Gasteiger partial charge on any atom is 0.161 e. The van der Waals surface area contributed by atoms with Crippen molar-refractivity contribution in [2.75, 3.05) is 45.9 Å². The van der Waals surface area contributed by atoms with Crippen molar-refractivity contribution in [2.24, 2.45) is 11.8 Å². The molecule has 1 aliphatic carbocycles. The van der Waals surface area contributed by atoms with Crippen molar-refractivity contribution in [1.82, 2.24) is 9.80 Å². The predicted molar refractivity (Wildman–Crippen MR) is 105 cm³/mol. The van der Waals surface area contributed by atoms with Crippen LogP contribution in [0.3, 0.4) is 0 Å². The molecule has 1 saturated carbocycles. The number of phenols is 2. The summed E-state index contributed by atoms with van der Waals surface area (Å²) in [6.45, 7) is 7.52. The maximum absolute atomic E-state index is 9.87. The third kappa shape index (κ3) is 3.43. The van der Waals surface area contributed by atoms with E-state index in [-0.39, 0.29) is 11.5 Å². The van der Waals surface area contributed by atoms with Crippen molar-refractivity contribution in [3.8, 4) is 17.2 Å². The van der Waals surface area contributed by atoms with Crippen molar-refractivity contribution in [1.29, 1.82) is 0 Å². The van der Waals surface area contributed by atoms with Gasteiger partial charge in [0.2, 0.25) is 0 Å². The molecule has 4 aliphatic heterocycles. The van der Waals surface area contributed by atoms with Crippen LogP contribution in [0.25, 0.3) is 5.57 Å². The Morgan fingerprint density at radius 3 is 2.33 bits per heavy atom. The van der Waals surface area contributed by atoms with E-state index in [0.29, 0.717) is 12.4 Å². The van der Waals surface area contributed by atoms with Crippen LogP contribution < -0.4 is 4.74 Å². The van der Waals surface area contributed by atoms with Crippen LogP contribution in [0.2, 0.25) is 0 Å². The average Bonchev–Trinajstić information content (AvgIpc) is 3.00. The van der Waals surface area contributed by atoms with Crippen LogP contribution in [-0.4, -0.2) is 65.9 Å². The van der Waals surface area contributed by atoms with Gasteiger partial charge in [-0.15, -0.1) is 0 Å². The maximum atomic E-state index is 9.87. The van der Waals surface area contributed by atoms with Crippen LogP contribution in [0, 0.1) is 11.8 Å². The zero-order valence-corrected chi connectivity index (χ0v) is 16.0. The lowest BCUT2D eigenvalue weighted by molar-refractivity contribution is 0.194. The number of benzene rings is 1. The number of rotatable bonds is 3. The molecule has 2 saturated heterocycles. The second-order valence-corrected chi connectivity index (χ2v) is 8.88. The number of hydrogen-bond acceptors (Lipinski definition) is 5. The lowest BCUT2D eigenvalue weighted by Crippen LogP contribution is -2.41. The van der Waals surface area contributed by atoms with Crippen LogP contribution >= 0.6 is 0 Å². The van der Waals surface area contributed by atoms with Gasteiger partial charge in [0, 0.05) is 50.9 Å². The number of fused-ring (bicyclic) bond motifs is 6. The molecule has 5 aliphatic rings. The molecular formula is C22H30N2O3. The molecule has 0 aromatic heterocycles. The SMILES string of the molecule is Oc1cc2c(cc1O)C1=C(CO2)CN(CCN2CC3CCC(CC3)C2)CC1. The van der Waals surface area contributed by atoms with E-state index in [2.05, 4.69) is 9.80 Å². The van der Waals surface area contributed by atoms with Gasteiger partial charge in [-0.05, 0) is 61.2 Å². The molecule has 0 unspecified atom stereocenters. The summed E-state index contributed by atoms with van der Waals surface area (Å²) < 4.78 is 5.86. The van der Waals surface area contributed by atoms with Gasteiger partial charge < -0.3 is 19.8 Å². The fourth-order valence-electron chi connectivity index (χ4n) is 5.48. The van der Waals surface area contributed by atoms with Crippen LogP contribution in [0.4, 0.5) is 0 Å². The Hall–Kier alpha value is -1.72. The standard InChI is InChI=1S/C22H30N2O3/c25-20-9-19-18-5-6-23(13-17(18)14-27-22(19)10-21(20)26)7-8-24-11-15-1-2-16(12-24)4-3-15/h9-10,15-16,25-26H,1-8,11-14H2. The smallest absolute Gasteiger partial charge is 0.161 e. The molecule has 27 heavy (non-hydrogen) atoms. The van der Waals surface area contributed by atoms with Crippen molar-refractivity contribution in [2.45, 2.75) is 32.1 Å². The van der Waals surface area contributed by atoms with Crippen molar-refractivity contribution < 1.29 is 14.9 Å². The zero-order valence-electron chi connectivity index (χ0n) is 16.0. The lowest BCUT2D eigenvalue weighted by Gasteiger charge is -2.35. The molecule has 3 fully saturated rings. The molecule has 4 heterocycles. The highest BCUT2D eigenvalue weighted by Crippen LogP contribution is 2.42. The van der Waals surface area contributed by atoms with Crippen molar-refractivity contribution in [3.63, 3.8) is 0 Å². The number of phenolic OH excluding ortho intramolecular Hbond substituents is 2. The Labute approximate surface area is 161 Å². The summed E-state index contributed by atoms with van der Waals surface area (Å²) in [5.41, 5.74) is 3.58. The summed E-state index contributed by atoms with van der Waals surface area (Å²) in [6, 6.07) is 3.19. The van der Waals surface area contributed by atoms with E-state index in [4.69, 9.17) is 4.74 Å². The highest BCUT2D eigenvalue weighted by atomic mass is 16.5. The molecule has 2 bridgehead atoms. The Morgan fingerprint density at radius 2 is 1.59 bits per heavy atom. The van der Waals surface area contributed by atoms with E-state index in [9.17, 15) is 10.2 Å². The number of nitrogens with zero attached hydrogens (tertiary/aromatic N) is 2. The van der Waals surface area contributed by atoms with Gasteiger partial charge in [-0.2, -0.15) is 0 Å². The van der Waals surface area contributed by atoms with Gasteiger partial charge in [0.15, 0.2) is 11.5 Å². The molecule has 6 rings (SSSR count). The normalized spacial score (nSPS) is 28.4. The molecule has 0 radical (unpaired) electrons. The van der Waals surface area contributed by atoms with Gasteiger partial charge in [0.25, 0.3) is 0 Å². The third-order valence-electron chi connectivity index (χ3n) is 7.05. The second-order valence-electron chi connectivity index (χ2n) is 8.88. The van der Waals surface area contributed by atoms with Crippen LogP contribution in [-0.2, 0) is 0 Å². The number of aromatic hydroxyl groups is 2. The van der Waals surface area contributed by atoms with Crippen LogP contribution in [0.5, 0.6) is 17.2 Å². The van der Waals surface area contributed by atoms with Crippen LogP contribution in [0.15, 0.2) is 17.7 Å². The fraction of sp³-hybridized carbons (Fsp3) is 0.636. The van der Waals surface area contributed by atoms with E-state index in [0.717, 1.165) is 43.5 Å². The molecular weight excluding hydrogens is 340 g/mol. The Balaban J connectivity index is 1.24. The van der Waals surface area contributed by atoms with E-state index < -0.39 is 0 Å². The molecule has 146 valence electrons. The summed E-state index contributed by atoms with van der Waals surface area (Å²) >= 11 is 0. The lowest BCUT2D eigenvalue weighted by atomic mass is 9.84. The summed E-state index contributed by atoms with van der Waals surface area (Å²) in [5.74, 6) is 2.39. The van der Waals surface area contributed by atoms with Gasteiger partial charge in [-0.1, -0.05) is 0 Å². The highest BCUT2D eigenvalue weighted by Gasteiger charge is 2.30. The van der Waals surface area contributed by atoms with Gasteiger partial charge in [-0.25, -0.2) is 0 Å². The van der Waals surface area contributed by atoms with E-state index >= 15 is 0 Å². The molecule has 2 N–H and O–H groups in total. The van der Waals surface area contributed by atoms with Gasteiger partial charge in [0.1, 0.15) is 12.4 Å².